The lowest BCUT2D eigenvalue weighted by Gasteiger charge is -2.27. The zero-order valence-corrected chi connectivity index (χ0v) is 14.5. The molecule has 0 bridgehead atoms. The maximum Gasteiger partial charge on any atom is 0.138 e. The molecule has 2 aromatic carbocycles. The van der Waals surface area contributed by atoms with Crippen LogP contribution in [-0.4, -0.2) is 51.3 Å². The predicted octanol–water partition coefficient (Wildman–Crippen LogP) is 3.03. The third-order valence-electron chi connectivity index (χ3n) is 3.83. The van der Waals surface area contributed by atoms with Crippen molar-refractivity contribution in [3.8, 4) is 5.75 Å². The molecule has 0 atom stereocenters. The minimum atomic E-state index is 0.318. The lowest BCUT2D eigenvalue weighted by Crippen LogP contribution is -2.31. The largest absolute Gasteiger partial charge is 0.506 e. The molecule has 4 heteroatoms. The van der Waals surface area contributed by atoms with Crippen LogP contribution in [0.2, 0.25) is 0 Å². The highest BCUT2D eigenvalue weighted by Crippen LogP contribution is 2.27. The second-order valence-corrected chi connectivity index (χ2v) is 6.28. The maximum absolute atomic E-state index is 9.97. The topological polar surface area (TPSA) is 30.0 Å². The average molecular weight is 313 g/mol. The van der Waals surface area contributed by atoms with Crippen LogP contribution in [0.1, 0.15) is 5.56 Å². The van der Waals surface area contributed by atoms with E-state index < -0.39 is 0 Å². The molecule has 4 nitrogen and oxygen atoms in total. The van der Waals surface area contributed by atoms with Crippen molar-refractivity contribution in [3.63, 3.8) is 0 Å². The van der Waals surface area contributed by atoms with Crippen LogP contribution in [0.15, 0.2) is 48.5 Å². The summed E-state index contributed by atoms with van der Waals surface area (Å²) >= 11 is 0. The highest BCUT2D eigenvalue weighted by atomic mass is 16.3. The Morgan fingerprint density at radius 1 is 0.870 bits per heavy atom. The van der Waals surface area contributed by atoms with E-state index in [1.54, 1.807) is 6.07 Å². The molecular formula is C19H27N3O. The molecule has 124 valence electrons. The molecule has 0 saturated carbocycles. The first-order chi connectivity index (χ1) is 11.0. The fraction of sp³-hybridized carbons (Fsp3) is 0.368. The molecule has 0 aromatic heterocycles. The third kappa shape index (κ3) is 4.89. The number of phenolic OH excluding ortho intramolecular Hbond substituents is 1. The molecule has 0 spiro atoms. The standard InChI is InChI=1S/C19H27N3O/c1-20(2)12-13-22(17-8-6-5-7-9-17)15-16-10-11-19(23)18(14-16)21(3)4/h5-11,14,23H,12-13,15H2,1-4H3. The zero-order chi connectivity index (χ0) is 16.8. The van der Waals surface area contributed by atoms with Crippen LogP contribution in [-0.2, 0) is 6.54 Å². The number of aromatic hydroxyl groups is 1. The van der Waals surface area contributed by atoms with Gasteiger partial charge in [-0.1, -0.05) is 24.3 Å². The summed E-state index contributed by atoms with van der Waals surface area (Å²) in [5.41, 5.74) is 3.26. The lowest BCUT2D eigenvalue weighted by molar-refractivity contribution is 0.412. The molecule has 2 rings (SSSR count). The van der Waals surface area contributed by atoms with Gasteiger partial charge in [0.15, 0.2) is 0 Å². The number of anilines is 2. The fourth-order valence-electron chi connectivity index (χ4n) is 2.50. The second kappa shape index (κ2) is 7.88. The summed E-state index contributed by atoms with van der Waals surface area (Å²) in [6, 6.07) is 16.3. The molecule has 0 radical (unpaired) electrons. The molecule has 0 unspecified atom stereocenters. The number of nitrogens with zero attached hydrogens (tertiary/aromatic N) is 3. The van der Waals surface area contributed by atoms with E-state index >= 15 is 0 Å². The Morgan fingerprint density at radius 3 is 2.17 bits per heavy atom. The Balaban J connectivity index is 2.22. The van der Waals surface area contributed by atoms with Crippen LogP contribution >= 0.6 is 0 Å². The molecule has 0 heterocycles. The smallest absolute Gasteiger partial charge is 0.138 e. The molecule has 23 heavy (non-hydrogen) atoms. The van der Waals surface area contributed by atoms with Crippen LogP contribution in [0.5, 0.6) is 5.75 Å². The Kier molecular flexibility index (Phi) is 5.88. The van der Waals surface area contributed by atoms with Gasteiger partial charge in [-0.15, -0.1) is 0 Å². The van der Waals surface area contributed by atoms with E-state index in [-0.39, 0.29) is 0 Å². The van der Waals surface area contributed by atoms with Crippen LogP contribution < -0.4 is 9.80 Å². The predicted molar refractivity (Wildman–Crippen MR) is 98.5 cm³/mol. The van der Waals surface area contributed by atoms with Crippen molar-refractivity contribution in [1.82, 2.24) is 4.90 Å². The van der Waals surface area contributed by atoms with Gasteiger partial charge in [0.2, 0.25) is 0 Å². The molecule has 0 aliphatic rings. The van der Waals surface area contributed by atoms with Crippen molar-refractivity contribution >= 4 is 11.4 Å². The van der Waals surface area contributed by atoms with Gasteiger partial charge in [-0.3, -0.25) is 0 Å². The summed E-state index contributed by atoms with van der Waals surface area (Å²) in [5, 5.41) is 9.97. The van der Waals surface area contributed by atoms with Crippen molar-refractivity contribution in [2.24, 2.45) is 0 Å². The molecular weight excluding hydrogens is 286 g/mol. The quantitative estimate of drug-likeness (QED) is 0.851. The minimum absolute atomic E-state index is 0.318. The first-order valence-corrected chi connectivity index (χ1v) is 7.91. The summed E-state index contributed by atoms with van der Waals surface area (Å²) in [6.07, 6.45) is 0. The van der Waals surface area contributed by atoms with E-state index in [0.717, 1.165) is 25.3 Å². The highest BCUT2D eigenvalue weighted by molar-refractivity contribution is 5.59. The van der Waals surface area contributed by atoms with Gasteiger partial charge in [-0.2, -0.15) is 0 Å². The molecule has 0 aliphatic carbocycles. The first-order valence-electron chi connectivity index (χ1n) is 7.91. The molecule has 0 aliphatic heterocycles. The summed E-state index contributed by atoms with van der Waals surface area (Å²) in [6.45, 7) is 2.77. The van der Waals surface area contributed by atoms with Crippen LogP contribution in [0, 0.1) is 0 Å². The average Bonchev–Trinajstić information content (AvgIpc) is 2.53. The number of rotatable bonds is 7. The van der Waals surface area contributed by atoms with E-state index in [9.17, 15) is 5.11 Å². The van der Waals surface area contributed by atoms with Gasteiger partial charge < -0.3 is 19.8 Å². The summed E-state index contributed by atoms with van der Waals surface area (Å²) in [7, 11) is 8.07. The Hall–Kier alpha value is -2.20. The molecule has 2 aromatic rings. The van der Waals surface area contributed by atoms with Gasteiger partial charge in [0.1, 0.15) is 5.75 Å². The van der Waals surface area contributed by atoms with Crippen molar-refractivity contribution in [2.75, 3.05) is 51.1 Å². The van der Waals surface area contributed by atoms with E-state index in [0.29, 0.717) is 5.75 Å². The SMILES string of the molecule is CN(C)CCN(Cc1ccc(O)c(N(C)C)c1)c1ccccc1. The van der Waals surface area contributed by atoms with E-state index in [2.05, 4.69) is 54.2 Å². The number of phenols is 1. The Morgan fingerprint density at radius 2 is 1.57 bits per heavy atom. The van der Waals surface area contributed by atoms with E-state index in [1.807, 2.05) is 31.1 Å². The van der Waals surface area contributed by atoms with Crippen LogP contribution in [0.25, 0.3) is 0 Å². The van der Waals surface area contributed by atoms with E-state index in [1.165, 1.54) is 11.3 Å². The Labute approximate surface area is 139 Å². The van der Waals surface area contributed by atoms with Gasteiger partial charge in [-0.25, -0.2) is 0 Å². The third-order valence-corrected chi connectivity index (χ3v) is 3.83. The second-order valence-electron chi connectivity index (χ2n) is 6.28. The molecule has 0 saturated heterocycles. The van der Waals surface area contributed by atoms with E-state index in [4.69, 9.17) is 0 Å². The molecule has 0 amide bonds. The lowest BCUT2D eigenvalue weighted by atomic mass is 10.1. The number of likely N-dealkylation sites (N-methyl/N-ethyl adjacent to an activating group) is 1. The van der Waals surface area contributed by atoms with Gasteiger partial charge in [-0.05, 0) is 43.9 Å². The first kappa shape index (κ1) is 17.2. The zero-order valence-electron chi connectivity index (χ0n) is 14.5. The van der Waals surface area contributed by atoms with Crippen LogP contribution in [0.3, 0.4) is 0 Å². The molecule has 1 N–H and O–H groups in total. The maximum atomic E-state index is 9.97. The summed E-state index contributed by atoms with van der Waals surface area (Å²) in [4.78, 5) is 6.50. The van der Waals surface area contributed by atoms with Gasteiger partial charge in [0, 0.05) is 39.4 Å². The van der Waals surface area contributed by atoms with Crippen molar-refractivity contribution < 1.29 is 5.11 Å². The van der Waals surface area contributed by atoms with Crippen LogP contribution in [0.4, 0.5) is 11.4 Å². The molecule has 0 fully saturated rings. The minimum Gasteiger partial charge on any atom is -0.506 e. The highest BCUT2D eigenvalue weighted by Gasteiger charge is 2.10. The number of para-hydroxylation sites is 1. The fourth-order valence-corrected chi connectivity index (χ4v) is 2.50. The van der Waals surface area contributed by atoms with Crippen molar-refractivity contribution in [2.45, 2.75) is 6.54 Å². The summed E-state index contributed by atoms with van der Waals surface area (Å²) in [5.74, 6) is 0.318. The Bertz CT molecular complexity index is 611. The number of benzene rings is 2. The van der Waals surface area contributed by atoms with Gasteiger partial charge >= 0.3 is 0 Å². The van der Waals surface area contributed by atoms with Gasteiger partial charge in [0.05, 0.1) is 5.69 Å². The normalized spacial score (nSPS) is 10.8. The monoisotopic (exact) mass is 313 g/mol. The van der Waals surface area contributed by atoms with Crippen molar-refractivity contribution in [1.29, 1.82) is 0 Å². The van der Waals surface area contributed by atoms with Crippen molar-refractivity contribution in [3.05, 3.63) is 54.1 Å². The van der Waals surface area contributed by atoms with Gasteiger partial charge in [0.25, 0.3) is 0 Å². The number of hydrogen-bond donors (Lipinski definition) is 1. The summed E-state index contributed by atoms with van der Waals surface area (Å²) < 4.78 is 0. The number of hydrogen-bond acceptors (Lipinski definition) is 4.